The highest BCUT2D eigenvalue weighted by Gasteiger charge is 2.53. The van der Waals surface area contributed by atoms with Gasteiger partial charge in [0.1, 0.15) is 0 Å². The van der Waals surface area contributed by atoms with Gasteiger partial charge in [0.05, 0.1) is 44.6 Å². The third-order valence-electron chi connectivity index (χ3n) is 11.9. The molecule has 2 aliphatic rings. The second-order valence-corrected chi connectivity index (χ2v) is 25.0. The summed E-state index contributed by atoms with van der Waals surface area (Å²) in [5, 5.41) is 1.29. The lowest BCUT2D eigenvalue weighted by molar-refractivity contribution is 0.594. The largest absolute Gasteiger partial charge is 0.219 e. The topological polar surface area (TPSA) is 137 Å². The van der Waals surface area contributed by atoms with Crippen LogP contribution < -0.4 is 0 Å². The molecule has 1 spiro atoms. The number of benzene rings is 8. The number of sulfone groups is 4. The van der Waals surface area contributed by atoms with Gasteiger partial charge < -0.3 is 0 Å². The van der Waals surface area contributed by atoms with Crippen molar-refractivity contribution in [2.75, 3.05) is 0 Å². The Morgan fingerprint density at radius 2 is 0.415 bits per heavy atom. The van der Waals surface area contributed by atoms with Crippen molar-refractivity contribution < 1.29 is 33.7 Å². The van der Waals surface area contributed by atoms with E-state index in [-0.39, 0.29) is 39.2 Å². The summed E-state index contributed by atoms with van der Waals surface area (Å²) in [5.41, 5.74) is 1.64. The first-order valence-corrected chi connectivity index (χ1v) is 26.9. The van der Waals surface area contributed by atoms with Crippen molar-refractivity contribution >= 4 is 85.8 Å². The van der Waals surface area contributed by atoms with Crippen LogP contribution in [0.4, 0.5) is 0 Å². The van der Waals surface area contributed by atoms with Crippen LogP contribution in [0, 0.1) is 0 Å². The van der Waals surface area contributed by atoms with Crippen molar-refractivity contribution in [1.82, 2.24) is 0 Å². The highest BCUT2D eigenvalue weighted by molar-refractivity contribution is 7.92. The van der Waals surface area contributed by atoms with Gasteiger partial charge in [0.2, 0.25) is 39.3 Å². The Hall–Kier alpha value is -5.28. The summed E-state index contributed by atoms with van der Waals surface area (Å²) in [6, 6.07) is 40.9. The molecule has 0 unspecified atom stereocenters. The summed E-state index contributed by atoms with van der Waals surface area (Å²) in [6.07, 6.45) is 0. The quantitative estimate of drug-likeness (QED) is 0.147. The van der Waals surface area contributed by atoms with Gasteiger partial charge in [0.25, 0.3) is 0 Å². The molecule has 16 heteroatoms. The summed E-state index contributed by atoms with van der Waals surface area (Å²) >= 11 is 24.6. The van der Waals surface area contributed by atoms with Crippen molar-refractivity contribution in [3.8, 4) is 22.3 Å². The van der Waals surface area contributed by atoms with Crippen LogP contribution in [-0.2, 0) is 44.8 Å². The molecular formula is C49H28Cl4O8S4. The van der Waals surface area contributed by atoms with Crippen molar-refractivity contribution in [1.29, 1.82) is 0 Å². The summed E-state index contributed by atoms with van der Waals surface area (Å²) in [6.45, 7) is 0. The van der Waals surface area contributed by atoms with E-state index in [2.05, 4.69) is 0 Å². The van der Waals surface area contributed by atoms with Gasteiger partial charge in [-0.25, -0.2) is 33.7 Å². The normalized spacial score (nSPS) is 13.8. The summed E-state index contributed by atoms with van der Waals surface area (Å²) in [5.74, 6) is 0. The van der Waals surface area contributed by atoms with E-state index in [0.29, 0.717) is 64.6 Å². The minimum Gasteiger partial charge on any atom is -0.219 e. The maximum absolute atomic E-state index is 14.5. The van der Waals surface area contributed by atoms with Gasteiger partial charge in [0.15, 0.2) is 0 Å². The average molecular weight is 1010 g/mol. The molecule has 0 bridgehead atoms. The number of fused-ring (bicyclic) bond motifs is 10. The molecule has 0 aliphatic heterocycles. The molecule has 10 rings (SSSR count). The fourth-order valence-electron chi connectivity index (χ4n) is 8.81. The molecule has 8 aromatic rings. The molecule has 2 aliphatic carbocycles. The zero-order chi connectivity index (χ0) is 45.8. The maximum atomic E-state index is 14.5. The zero-order valence-corrected chi connectivity index (χ0v) is 39.4. The fourth-order valence-corrected chi connectivity index (χ4v) is 14.5. The Labute approximate surface area is 395 Å². The van der Waals surface area contributed by atoms with Crippen LogP contribution in [0.2, 0.25) is 20.1 Å². The second kappa shape index (κ2) is 15.4. The molecule has 324 valence electrons. The molecule has 8 nitrogen and oxygen atoms in total. The SMILES string of the molecule is O=S(=O)(c1ccc(Cl)cc1)c1ccc2c(c1)C1(c3cc(S(=O)(=O)c4ccc(Cl)cc4)ccc3-2)c2cc(S(=O)(=O)c3ccc(Cl)cc3)ccc2-c2ccc(S(=O)(=O)c3ccc(Cl)cc3)cc21. The molecule has 0 saturated carbocycles. The highest BCUT2D eigenvalue weighted by atomic mass is 35.5. The summed E-state index contributed by atoms with van der Waals surface area (Å²) < 4.78 is 116. The number of rotatable bonds is 8. The minimum atomic E-state index is -4.26. The van der Waals surface area contributed by atoms with Gasteiger partial charge in [-0.15, -0.1) is 0 Å². The van der Waals surface area contributed by atoms with E-state index in [4.69, 9.17) is 46.4 Å². The van der Waals surface area contributed by atoms with E-state index in [9.17, 15) is 33.7 Å². The molecule has 0 N–H and O–H groups in total. The number of halogens is 4. The highest BCUT2D eigenvalue weighted by Crippen LogP contribution is 2.64. The van der Waals surface area contributed by atoms with Gasteiger partial charge in [-0.05, 0) is 190 Å². The van der Waals surface area contributed by atoms with Gasteiger partial charge >= 0.3 is 0 Å². The summed E-state index contributed by atoms with van der Waals surface area (Å²) in [7, 11) is -17.0. The molecule has 0 heterocycles. The van der Waals surface area contributed by atoms with Crippen LogP contribution >= 0.6 is 46.4 Å². The molecule has 0 amide bonds. The third-order valence-corrected chi connectivity index (χ3v) is 20.0. The number of hydrogen-bond donors (Lipinski definition) is 0. The average Bonchev–Trinajstić information content (AvgIpc) is 3.75. The Bertz CT molecular complexity index is 3280. The molecule has 8 aromatic carbocycles. The van der Waals surface area contributed by atoms with Crippen LogP contribution in [0.5, 0.6) is 0 Å². The molecule has 0 radical (unpaired) electrons. The lowest BCUT2D eigenvalue weighted by Gasteiger charge is -2.31. The maximum Gasteiger partial charge on any atom is 0.206 e. The predicted octanol–water partition coefficient (Wildman–Crippen LogP) is 12.0. The van der Waals surface area contributed by atoms with Gasteiger partial charge in [-0.1, -0.05) is 70.7 Å². The van der Waals surface area contributed by atoms with Crippen molar-refractivity contribution in [2.24, 2.45) is 0 Å². The van der Waals surface area contributed by atoms with Crippen LogP contribution in [0.3, 0.4) is 0 Å². The molecule has 65 heavy (non-hydrogen) atoms. The molecule has 0 fully saturated rings. The monoisotopic (exact) mass is 1010 g/mol. The van der Waals surface area contributed by atoms with Crippen molar-refractivity contribution in [3.63, 3.8) is 0 Å². The molecular weight excluding hydrogens is 987 g/mol. The van der Waals surface area contributed by atoms with Crippen LogP contribution in [-0.4, -0.2) is 33.7 Å². The Morgan fingerprint density at radius 3 is 0.600 bits per heavy atom. The Morgan fingerprint density at radius 1 is 0.246 bits per heavy atom. The van der Waals surface area contributed by atoms with Gasteiger partial charge in [-0.3, -0.25) is 0 Å². The first-order chi connectivity index (χ1) is 30.8. The minimum absolute atomic E-state index is 0.0531. The van der Waals surface area contributed by atoms with E-state index < -0.39 is 44.8 Å². The van der Waals surface area contributed by atoms with E-state index >= 15 is 0 Å². The van der Waals surface area contributed by atoms with Crippen LogP contribution in [0.1, 0.15) is 22.3 Å². The van der Waals surface area contributed by atoms with Gasteiger partial charge in [-0.2, -0.15) is 0 Å². The standard InChI is InChI=1S/C49H28Cl4O8S4/c50-29-1-9-33(10-2-29)62(54,55)37-17-21-41-42-22-18-38(63(56,57)34-11-3-30(51)4-12-34)26-46(42)49(45(41)25-37)47-27-39(64(58,59)35-13-5-31(52)6-14-35)19-23-43(47)44-24-20-40(28-48(44)49)65(60,61)36-15-7-32(53)8-16-36/h1-28H. The molecule has 0 aromatic heterocycles. The fraction of sp³-hybridized carbons (Fsp3) is 0.0204. The summed E-state index contributed by atoms with van der Waals surface area (Å²) in [4.78, 5) is -0.751. The third kappa shape index (κ3) is 6.80. The molecule has 0 saturated heterocycles. The number of hydrogen-bond acceptors (Lipinski definition) is 8. The Kier molecular flexibility index (Phi) is 10.3. The zero-order valence-electron chi connectivity index (χ0n) is 33.1. The van der Waals surface area contributed by atoms with E-state index in [1.54, 1.807) is 24.3 Å². The van der Waals surface area contributed by atoms with E-state index in [0.717, 1.165) is 0 Å². The first kappa shape index (κ1) is 43.6. The van der Waals surface area contributed by atoms with Crippen LogP contribution in [0.25, 0.3) is 22.3 Å². The lowest BCUT2D eigenvalue weighted by atomic mass is 9.70. The van der Waals surface area contributed by atoms with E-state index in [1.807, 2.05) is 0 Å². The molecule has 0 atom stereocenters. The Balaban J connectivity index is 1.32. The van der Waals surface area contributed by atoms with Crippen molar-refractivity contribution in [3.05, 3.63) is 212 Å². The van der Waals surface area contributed by atoms with E-state index in [1.165, 1.54) is 146 Å². The second-order valence-electron chi connectivity index (χ2n) is 15.4. The van der Waals surface area contributed by atoms with Crippen molar-refractivity contribution in [2.45, 2.75) is 44.6 Å². The van der Waals surface area contributed by atoms with Crippen LogP contribution in [0.15, 0.2) is 209 Å². The smallest absolute Gasteiger partial charge is 0.206 e. The lowest BCUT2D eigenvalue weighted by Crippen LogP contribution is -2.27. The van der Waals surface area contributed by atoms with Gasteiger partial charge in [0, 0.05) is 20.1 Å². The first-order valence-electron chi connectivity index (χ1n) is 19.5. The predicted molar refractivity (Wildman–Crippen MR) is 250 cm³/mol.